The quantitative estimate of drug-likeness (QED) is 0.778. The van der Waals surface area contributed by atoms with Gasteiger partial charge in [0.15, 0.2) is 11.9 Å². The summed E-state index contributed by atoms with van der Waals surface area (Å²) >= 11 is 0. The number of morpholine rings is 1. The smallest absolute Gasteiger partial charge is 0.263 e. The number of amides is 1. The molecule has 1 fully saturated rings. The van der Waals surface area contributed by atoms with E-state index in [4.69, 9.17) is 9.47 Å². The van der Waals surface area contributed by atoms with Crippen molar-refractivity contribution in [1.82, 2.24) is 4.90 Å². The zero-order valence-electron chi connectivity index (χ0n) is 12.5. The van der Waals surface area contributed by atoms with Gasteiger partial charge in [0.05, 0.1) is 18.8 Å². The molecule has 1 aromatic carbocycles. The van der Waals surface area contributed by atoms with Crippen LogP contribution in [0.5, 0.6) is 5.75 Å². The third kappa shape index (κ3) is 3.82. The molecule has 0 spiro atoms. The van der Waals surface area contributed by atoms with Gasteiger partial charge in [-0.15, -0.1) is 0 Å². The molecule has 1 heterocycles. The van der Waals surface area contributed by atoms with E-state index in [0.717, 1.165) is 0 Å². The molecule has 0 aromatic heterocycles. The van der Waals surface area contributed by atoms with Gasteiger partial charge in [-0.1, -0.05) is 19.1 Å². The van der Waals surface area contributed by atoms with Gasteiger partial charge in [0.25, 0.3) is 5.91 Å². The van der Waals surface area contributed by atoms with Crippen LogP contribution in [0.15, 0.2) is 24.3 Å². The molecule has 1 unspecified atom stereocenters. The molecule has 1 aromatic rings. The Kier molecular flexibility index (Phi) is 5.33. The van der Waals surface area contributed by atoms with Gasteiger partial charge < -0.3 is 14.4 Å². The second-order valence-electron chi connectivity index (χ2n) is 4.97. The van der Waals surface area contributed by atoms with E-state index in [0.29, 0.717) is 44.0 Å². The number of para-hydroxylation sites is 1. The first-order valence-electron chi connectivity index (χ1n) is 7.29. The van der Waals surface area contributed by atoms with Crippen molar-refractivity contribution >= 4 is 11.7 Å². The molecule has 114 valence electrons. The second kappa shape index (κ2) is 7.22. The number of ether oxygens (including phenoxy) is 2. The Morgan fingerprint density at radius 1 is 1.29 bits per heavy atom. The van der Waals surface area contributed by atoms with Crippen LogP contribution in [0.2, 0.25) is 0 Å². The zero-order valence-corrected chi connectivity index (χ0v) is 12.5. The Morgan fingerprint density at radius 2 is 1.95 bits per heavy atom. The number of rotatable bonds is 5. The van der Waals surface area contributed by atoms with Gasteiger partial charge >= 0.3 is 0 Å². The maximum atomic E-state index is 12.3. The molecule has 1 saturated heterocycles. The first kappa shape index (κ1) is 15.5. The van der Waals surface area contributed by atoms with Gasteiger partial charge in [-0.05, 0) is 19.1 Å². The Morgan fingerprint density at radius 3 is 2.62 bits per heavy atom. The van der Waals surface area contributed by atoms with E-state index in [2.05, 4.69) is 0 Å². The summed E-state index contributed by atoms with van der Waals surface area (Å²) in [5.74, 6) is 0.409. The summed E-state index contributed by atoms with van der Waals surface area (Å²) in [6.45, 7) is 5.81. The lowest BCUT2D eigenvalue weighted by Gasteiger charge is -2.29. The number of carbonyl (C=O) groups is 2. The molecular formula is C16H21NO4. The predicted octanol–water partition coefficient (Wildman–Crippen LogP) is 1.91. The summed E-state index contributed by atoms with van der Waals surface area (Å²) in [5.41, 5.74) is 0.529. The number of hydrogen-bond acceptors (Lipinski definition) is 4. The molecule has 0 N–H and O–H groups in total. The van der Waals surface area contributed by atoms with Gasteiger partial charge in [0.2, 0.25) is 0 Å². The van der Waals surface area contributed by atoms with Crippen LogP contribution in [0, 0.1) is 0 Å². The molecule has 0 aliphatic carbocycles. The molecule has 0 saturated carbocycles. The lowest BCUT2D eigenvalue weighted by Crippen LogP contribution is -2.46. The van der Waals surface area contributed by atoms with Gasteiger partial charge in [-0.25, -0.2) is 0 Å². The highest BCUT2D eigenvalue weighted by molar-refractivity contribution is 5.98. The largest absolute Gasteiger partial charge is 0.480 e. The van der Waals surface area contributed by atoms with Crippen molar-refractivity contribution in [2.24, 2.45) is 0 Å². The van der Waals surface area contributed by atoms with Crippen molar-refractivity contribution in [2.45, 2.75) is 26.4 Å². The van der Waals surface area contributed by atoms with Crippen LogP contribution in [0.25, 0.3) is 0 Å². The van der Waals surface area contributed by atoms with Crippen molar-refractivity contribution in [1.29, 1.82) is 0 Å². The zero-order chi connectivity index (χ0) is 15.2. The van der Waals surface area contributed by atoms with Crippen LogP contribution in [-0.2, 0) is 9.53 Å². The minimum absolute atomic E-state index is 0.0108. The minimum atomic E-state index is -0.617. The van der Waals surface area contributed by atoms with Gasteiger partial charge in [0.1, 0.15) is 5.75 Å². The Labute approximate surface area is 124 Å². The van der Waals surface area contributed by atoms with E-state index >= 15 is 0 Å². The minimum Gasteiger partial charge on any atom is -0.480 e. The second-order valence-corrected chi connectivity index (χ2v) is 4.97. The fourth-order valence-electron chi connectivity index (χ4n) is 2.27. The molecule has 21 heavy (non-hydrogen) atoms. The third-order valence-corrected chi connectivity index (χ3v) is 3.48. The summed E-state index contributed by atoms with van der Waals surface area (Å²) in [4.78, 5) is 25.9. The Bertz CT molecular complexity index is 509. The van der Waals surface area contributed by atoms with Crippen LogP contribution in [-0.4, -0.2) is 49.0 Å². The fraction of sp³-hybridized carbons (Fsp3) is 0.500. The normalized spacial score (nSPS) is 16.4. The average molecular weight is 291 g/mol. The van der Waals surface area contributed by atoms with Crippen LogP contribution in [0.1, 0.15) is 30.6 Å². The van der Waals surface area contributed by atoms with E-state index in [9.17, 15) is 9.59 Å². The topological polar surface area (TPSA) is 55.8 Å². The van der Waals surface area contributed by atoms with Crippen LogP contribution in [0.4, 0.5) is 0 Å². The summed E-state index contributed by atoms with van der Waals surface area (Å²) in [7, 11) is 0. The van der Waals surface area contributed by atoms with E-state index in [-0.39, 0.29) is 11.7 Å². The maximum absolute atomic E-state index is 12.3. The highest BCUT2D eigenvalue weighted by atomic mass is 16.5. The number of ketones is 1. The van der Waals surface area contributed by atoms with Crippen LogP contribution in [0.3, 0.4) is 0 Å². The summed E-state index contributed by atoms with van der Waals surface area (Å²) in [6, 6.07) is 7.05. The first-order chi connectivity index (χ1) is 10.1. The molecule has 0 radical (unpaired) electrons. The number of benzene rings is 1. The molecule has 5 heteroatoms. The lowest BCUT2D eigenvalue weighted by molar-refractivity contribution is -0.142. The van der Waals surface area contributed by atoms with E-state index in [1.165, 1.54) is 0 Å². The maximum Gasteiger partial charge on any atom is 0.263 e. The van der Waals surface area contributed by atoms with Crippen molar-refractivity contribution < 1.29 is 19.1 Å². The summed E-state index contributed by atoms with van der Waals surface area (Å²) in [6.07, 6.45) is -0.208. The van der Waals surface area contributed by atoms with Crippen molar-refractivity contribution in [3.63, 3.8) is 0 Å². The standard InChI is InChI=1S/C16H21NO4/c1-3-14(18)13-6-4-5-7-15(13)21-12(2)16(19)17-8-10-20-11-9-17/h4-7,12H,3,8-11H2,1-2H3. The molecule has 5 nitrogen and oxygen atoms in total. The highest BCUT2D eigenvalue weighted by Gasteiger charge is 2.24. The number of Topliss-reactive ketones (excluding diaryl/α,β-unsaturated/α-hetero) is 1. The van der Waals surface area contributed by atoms with Gasteiger partial charge in [0, 0.05) is 19.5 Å². The predicted molar refractivity (Wildman–Crippen MR) is 78.6 cm³/mol. The Hall–Kier alpha value is -1.88. The average Bonchev–Trinajstić information content (AvgIpc) is 2.54. The number of carbonyl (C=O) groups excluding carboxylic acids is 2. The van der Waals surface area contributed by atoms with Crippen molar-refractivity contribution in [2.75, 3.05) is 26.3 Å². The monoisotopic (exact) mass is 291 g/mol. The molecular weight excluding hydrogens is 270 g/mol. The highest BCUT2D eigenvalue weighted by Crippen LogP contribution is 2.21. The molecule has 2 rings (SSSR count). The Balaban J connectivity index is 2.06. The SMILES string of the molecule is CCC(=O)c1ccccc1OC(C)C(=O)N1CCOCC1. The van der Waals surface area contributed by atoms with Crippen LogP contribution >= 0.6 is 0 Å². The molecule has 1 atom stereocenters. The molecule has 0 bridgehead atoms. The van der Waals surface area contributed by atoms with Gasteiger partial charge in [-0.2, -0.15) is 0 Å². The molecule has 1 aliphatic rings. The fourth-order valence-corrected chi connectivity index (χ4v) is 2.27. The van der Waals surface area contributed by atoms with E-state index in [1.807, 2.05) is 0 Å². The molecule has 1 amide bonds. The number of hydrogen-bond donors (Lipinski definition) is 0. The van der Waals surface area contributed by atoms with Gasteiger partial charge in [-0.3, -0.25) is 9.59 Å². The van der Waals surface area contributed by atoms with Crippen LogP contribution < -0.4 is 4.74 Å². The summed E-state index contributed by atoms with van der Waals surface area (Å²) < 4.78 is 11.0. The number of nitrogens with zero attached hydrogens (tertiary/aromatic N) is 1. The molecule has 1 aliphatic heterocycles. The lowest BCUT2D eigenvalue weighted by atomic mass is 10.1. The van der Waals surface area contributed by atoms with Crippen molar-refractivity contribution in [3.05, 3.63) is 29.8 Å². The van der Waals surface area contributed by atoms with Crippen molar-refractivity contribution in [3.8, 4) is 5.75 Å². The van der Waals surface area contributed by atoms with E-state index < -0.39 is 6.10 Å². The first-order valence-corrected chi connectivity index (χ1v) is 7.29. The summed E-state index contributed by atoms with van der Waals surface area (Å²) in [5, 5.41) is 0. The van der Waals surface area contributed by atoms with E-state index in [1.54, 1.807) is 43.0 Å². The third-order valence-electron chi connectivity index (χ3n) is 3.48.